The fraction of sp³-hybridized carbons (Fsp3) is 0.571. The van der Waals surface area contributed by atoms with Gasteiger partial charge < -0.3 is 24.4 Å². The van der Waals surface area contributed by atoms with E-state index in [0.29, 0.717) is 6.61 Å². The van der Waals surface area contributed by atoms with Crippen molar-refractivity contribution in [1.82, 2.24) is 0 Å². The van der Waals surface area contributed by atoms with E-state index in [4.69, 9.17) is 14.2 Å². The molecule has 0 aliphatic carbocycles. The summed E-state index contributed by atoms with van der Waals surface area (Å²) in [7, 11) is 1.62. The van der Waals surface area contributed by atoms with E-state index < -0.39 is 18.5 Å². The lowest BCUT2D eigenvalue weighted by molar-refractivity contribution is -0.240. The quantitative estimate of drug-likeness (QED) is 0.855. The molecular formula is C14H20O5. The monoisotopic (exact) mass is 268 g/mol. The molecule has 4 atom stereocenters. The van der Waals surface area contributed by atoms with Gasteiger partial charge in [-0.3, -0.25) is 0 Å². The highest BCUT2D eigenvalue weighted by atomic mass is 16.6. The van der Waals surface area contributed by atoms with Gasteiger partial charge in [0, 0.05) is 6.42 Å². The molecule has 1 aliphatic heterocycles. The Hall–Kier alpha value is -1.14. The minimum atomic E-state index is -0.911. The van der Waals surface area contributed by atoms with Gasteiger partial charge in [0.2, 0.25) is 0 Å². The lowest BCUT2D eigenvalue weighted by Crippen LogP contribution is -2.48. The van der Waals surface area contributed by atoms with Crippen LogP contribution in [0.4, 0.5) is 0 Å². The Morgan fingerprint density at radius 3 is 2.53 bits per heavy atom. The van der Waals surface area contributed by atoms with Crippen LogP contribution in [0.25, 0.3) is 0 Å². The lowest BCUT2D eigenvalue weighted by Gasteiger charge is -2.36. The molecule has 0 saturated carbocycles. The summed E-state index contributed by atoms with van der Waals surface area (Å²) in [6.45, 7) is 2.17. The summed E-state index contributed by atoms with van der Waals surface area (Å²) in [6, 6.07) is 7.54. The van der Waals surface area contributed by atoms with E-state index in [9.17, 15) is 10.2 Å². The van der Waals surface area contributed by atoms with Crippen LogP contribution in [0.3, 0.4) is 0 Å². The molecule has 106 valence electrons. The molecule has 5 heteroatoms. The molecule has 1 fully saturated rings. The normalized spacial score (nSPS) is 31.2. The standard InChI is InChI=1S/C14H20O5/c1-9-14(12(15)7-13(16)19-9)18-8-10-3-5-11(17-2)6-4-10/h3-6,9,12-16H,7-8H2,1-2H3/t9-,12+,13+,14+/m0/s1. The van der Waals surface area contributed by atoms with Crippen LogP contribution in [0, 0.1) is 0 Å². The molecule has 0 unspecified atom stereocenters. The van der Waals surface area contributed by atoms with E-state index in [1.54, 1.807) is 14.0 Å². The zero-order chi connectivity index (χ0) is 13.8. The average Bonchev–Trinajstić information content (AvgIpc) is 2.38. The number of methoxy groups -OCH3 is 1. The summed E-state index contributed by atoms with van der Waals surface area (Å²) < 4.78 is 16.0. The molecule has 19 heavy (non-hydrogen) atoms. The first kappa shape index (κ1) is 14.3. The summed E-state index contributed by atoms with van der Waals surface area (Å²) in [5, 5.41) is 19.2. The highest BCUT2D eigenvalue weighted by molar-refractivity contribution is 5.26. The van der Waals surface area contributed by atoms with Gasteiger partial charge in [-0.2, -0.15) is 0 Å². The van der Waals surface area contributed by atoms with E-state index in [0.717, 1.165) is 11.3 Å². The smallest absolute Gasteiger partial charge is 0.157 e. The average molecular weight is 268 g/mol. The zero-order valence-corrected chi connectivity index (χ0v) is 11.2. The number of benzene rings is 1. The molecule has 1 heterocycles. The molecule has 0 amide bonds. The van der Waals surface area contributed by atoms with E-state index >= 15 is 0 Å². The summed E-state index contributed by atoms with van der Waals surface area (Å²) in [5.41, 5.74) is 0.992. The van der Waals surface area contributed by atoms with Crippen LogP contribution in [0.5, 0.6) is 5.75 Å². The van der Waals surface area contributed by atoms with Gasteiger partial charge in [0.25, 0.3) is 0 Å². The fourth-order valence-corrected chi connectivity index (χ4v) is 2.20. The van der Waals surface area contributed by atoms with Crippen LogP contribution in [0.2, 0.25) is 0 Å². The van der Waals surface area contributed by atoms with Crippen LogP contribution in [-0.2, 0) is 16.1 Å². The predicted molar refractivity (Wildman–Crippen MR) is 68.7 cm³/mol. The molecule has 1 aliphatic rings. The van der Waals surface area contributed by atoms with Crippen molar-refractivity contribution in [2.45, 2.75) is 44.6 Å². The Bertz CT molecular complexity index is 379. The highest BCUT2D eigenvalue weighted by Gasteiger charge is 2.35. The van der Waals surface area contributed by atoms with Crippen molar-refractivity contribution in [1.29, 1.82) is 0 Å². The van der Waals surface area contributed by atoms with Crippen molar-refractivity contribution in [3.05, 3.63) is 29.8 Å². The van der Waals surface area contributed by atoms with Crippen LogP contribution in [-0.4, -0.2) is 41.9 Å². The molecule has 5 nitrogen and oxygen atoms in total. The molecule has 0 spiro atoms. The van der Waals surface area contributed by atoms with Crippen molar-refractivity contribution >= 4 is 0 Å². The summed E-state index contributed by atoms with van der Waals surface area (Å²) >= 11 is 0. The number of ether oxygens (including phenoxy) is 3. The van der Waals surface area contributed by atoms with Gasteiger partial charge in [0.15, 0.2) is 6.29 Å². The Labute approximate surface area is 112 Å². The first-order valence-electron chi connectivity index (χ1n) is 6.36. The minimum Gasteiger partial charge on any atom is -0.497 e. The number of aliphatic hydroxyl groups is 2. The second-order valence-corrected chi connectivity index (χ2v) is 4.72. The molecule has 0 bridgehead atoms. The van der Waals surface area contributed by atoms with Gasteiger partial charge in [-0.15, -0.1) is 0 Å². The molecular weight excluding hydrogens is 248 g/mol. The van der Waals surface area contributed by atoms with Gasteiger partial charge in [0.05, 0.1) is 25.9 Å². The lowest BCUT2D eigenvalue weighted by atomic mass is 10.0. The van der Waals surface area contributed by atoms with Crippen LogP contribution >= 0.6 is 0 Å². The second kappa shape index (κ2) is 6.34. The van der Waals surface area contributed by atoms with Crippen molar-refractivity contribution in [2.75, 3.05) is 7.11 Å². The summed E-state index contributed by atoms with van der Waals surface area (Å²) in [5.74, 6) is 0.793. The van der Waals surface area contributed by atoms with Gasteiger partial charge in [0.1, 0.15) is 11.9 Å². The Kier molecular flexibility index (Phi) is 4.76. The maximum atomic E-state index is 9.88. The van der Waals surface area contributed by atoms with Crippen LogP contribution in [0.1, 0.15) is 18.9 Å². The number of hydrogen-bond acceptors (Lipinski definition) is 5. The molecule has 0 aromatic heterocycles. The van der Waals surface area contributed by atoms with E-state index in [-0.39, 0.29) is 12.5 Å². The number of rotatable bonds is 4. The molecule has 1 saturated heterocycles. The number of aliphatic hydroxyl groups excluding tert-OH is 2. The SMILES string of the molecule is COc1ccc(CO[C@H]2[C@H](O)C[C@H](O)O[C@H]2C)cc1. The summed E-state index contributed by atoms with van der Waals surface area (Å²) in [4.78, 5) is 0. The predicted octanol–water partition coefficient (Wildman–Crippen LogP) is 1.07. The van der Waals surface area contributed by atoms with Crippen LogP contribution < -0.4 is 4.74 Å². The highest BCUT2D eigenvalue weighted by Crippen LogP contribution is 2.22. The first-order chi connectivity index (χ1) is 9.10. The maximum absolute atomic E-state index is 9.88. The second-order valence-electron chi connectivity index (χ2n) is 4.72. The van der Waals surface area contributed by atoms with Gasteiger partial charge in [-0.25, -0.2) is 0 Å². The van der Waals surface area contributed by atoms with E-state index in [1.165, 1.54) is 0 Å². The fourth-order valence-electron chi connectivity index (χ4n) is 2.20. The minimum absolute atomic E-state index is 0.178. The van der Waals surface area contributed by atoms with Crippen molar-refractivity contribution < 1.29 is 24.4 Å². The van der Waals surface area contributed by atoms with Crippen molar-refractivity contribution in [3.63, 3.8) is 0 Å². The van der Waals surface area contributed by atoms with Gasteiger partial charge in [-0.1, -0.05) is 12.1 Å². The molecule has 0 radical (unpaired) electrons. The Morgan fingerprint density at radius 1 is 1.26 bits per heavy atom. The zero-order valence-electron chi connectivity index (χ0n) is 11.2. The molecule has 2 rings (SSSR count). The third-order valence-electron chi connectivity index (χ3n) is 3.26. The third-order valence-corrected chi connectivity index (χ3v) is 3.26. The van der Waals surface area contributed by atoms with Gasteiger partial charge in [-0.05, 0) is 24.6 Å². The molecule has 1 aromatic rings. The maximum Gasteiger partial charge on any atom is 0.157 e. The molecule has 2 N–H and O–H groups in total. The van der Waals surface area contributed by atoms with Gasteiger partial charge >= 0.3 is 0 Å². The first-order valence-corrected chi connectivity index (χ1v) is 6.36. The summed E-state index contributed by atoms with van der Waals surface area (Å²) in [6.07, 6.45) is -2.21. The molecule has 1 aromatic carbocycles. The topological polar surface area (TPSA) is 68.2 Å². The van der Waals surface area contributed by atoms with Crippen molar-refractivity contribution in [3.8, 4) is 5.75 Å². The third kappa shape index (κ3) is 3.67. The van der Waals surface area contributed by atoms with Crippen molar-refractivity contribution in [2.24, 2.45) is 0 Å². The van der Waals surface area contributed by atoms with Crippen LogP contribution in [0.15, 0.2) is 24.3 Å². The van der Waals surface area contributed by atoms with E-state index in [2.05, 4.69) is 0 Å². The Morgan fingerprint density at radius 2 is 1.95 bits per heavy atom. The van der Waals surface area contributed by atoms with E-state index in [1.807, 2.05) is 24.3 Å². The number of hydrogen-bond donors (Lipinski definition) is 2. The Balaban J connectivity index is 1.90. The largest absolute Gasteiger partial charge is 0.497 e.